The van der Waals surface area contributed by atoms with Gasteiger partial charge in [0.05, 0.1) is 31.6 Å². The molecule has 0 spiro atoms. The van der Waals surface area contributed by atoms with Crippen LogP contribution in [0.5, 0.6) is 0 Å². The SMILES string of the molecule is Cc1sc(C2COCCN2)nc1C1CCOC1. The number of aryl methyl sites for hydroxylation is 1. The highest BCUT2D eigenvalue weighted by Crippen LogP contribution is 2.32. The molecule has 94 valence electrons. The number of rotatable bonds is 2. The molecule has 0 aromatic carbocycles. The van der Waals surface area contributed by atoms with Crippen molar-refractivity contribution in [2.45, 2.75) is 25.3 Å². The fourth-order valence-electron chi connectivity index (χ4n) is 2.43. The lowest BCUT2D eigenvalue weighted by atomic mass is 10.0. The third kappa shape index (κ3) is 2.38. The minimum Gasteiger partial charge on any atom is -0.381 e. The van der Waals surface area contributed by atoms with Crippen molar-refractivity contribution in [1.29, 1.82) is 0 Å². The van der Waals surface area contributed by atoms with Crippen LogP contribution < -0.4 is 5.32 Å². The Labute approximate surface area is 105 Å². The zero-order valence-corrected chi connectivity index (χ0v) is 10.9. The van der Waals surface area contributed by atoms with E-state index in [1.54, 1.807) is 11.3 Å². The number of hydrogen-bond acceptors (Lipinski definition) is 5. The molecule has 1 aromatic heterocycles. The summed E-state index contributed by atoms with van der Waals surface area (Å²) in [6.07, 6.45) is 1.11. The average molecular weight is 254 g/mol. The first kappa shape index (κ1) is 11.6. The van der Waals surface area contributed by atoms with Gasteiger partial charge in [-0.15, -0.1) is 11.3 Å². The highest BCUT2D eigenvalue weighted by molar-refractivity contribution is 7.11. The Hall–Kier alpha value is -0.490. The van der Waals surface area contributed by atoms with Gasteiger partial charge in [0.25, 0.3) is 0 Å². The summed E-state index contributed by atoms with van der Waals surface area (Å²) in [7, 11) is 0. The number of morpholine rings is 1. The number of ether oxygens (including phenoxy) is 2. The first-order valence-corrected chi connectivity index (χ1v) is 7.02. The Morgan fingerprint density at radius 3 is 2.88 bits per heavy atom. The number of nitrogens with one attached hydrogen (secondary N) is 1. The van der Waals surface area contributed by atoms with Crippen LogP contribution in [-0.4, -0.2) is 38.0 Å². The van der Waals surface area contributed by atoms with E-state index in [2.05, 4.69) is 12.2 Å². The van der Waals surface area contributed by atoms with Crippen LogP contribution in [0.2, 0.25) is 0 Å². The zero-order chi connectivity index (χ0) is 11.7. The van der Waals surface area contributed by atoms with Gasteiger partial charge in [-0.05, 0) is 13.3 Å². The Morgan fingerprint density at radius 1 is 1.29 bits per heavy atom. The van der Waals surface area contributed by atoms with Crippen molar-refractivity contribution in [3.05, 3.63) is 15.6 Å². The maximum Gasteiger partial charge on any atom is 0.112 e. The number of nitrogens with zero attached hydrogens (tertiary/aromatic N) is 1. The molecule has 2 unspecified atom stereocenters. The maximum absolute atomic E-state index is 5.49. The smallest absolute Gasteiger partial charge is 0.112 e. The van der Waals surface area contributed by atoms with Crippen LogP contribution in [-0.2, 0) is 9.47 Å². The average Bonchev–Trinajstić information content (AvgIpc) is 2.99. The highest BCUT2D eigenvalue weighted by atomic mass is 32.1. The lowest BCUT2D eigenvalue weighted by Crippen LogP contribution is -2.34. The van der Waals surface area contributed by atoms with E-state index in [-0.39, 0.29) is 6.04 Å². The van der Waals surface area contributed by atoms with Crippen LogP contribution >= 0.6 is 11.3 Å². The Balaban J connectivity index is 1.79. The molecule has 1 aromatic rings. The first-order valence-electron chi connectivity index (χ1n) is 6.20. The molecule has 17 heavy (non-hydrogen) atoms. The van der Waals surface area contributed by atoms with E-state index in [0.717, 1.165) is 39.4 Å². The van der Waals surface area contributed by atoms with Gasteiger partial charge in [0.1, 0.15) is 5.01 Å². The molecule has 0 saturated carbocycles. The van der Waals surface area contributed by atoms with Crippen LogP contribution in [0.25, 0.3) is 0 Å². The molecule has 3 rings (SSSR count). The molecule has 2 aliphatic heterocycles. The summed E-state index contributed by atoms with van der Waals surface area (Å²) < 4.78 is 10.9. The van der Waals surface area contributed by atoms with E-state index in [0.29, 0.717) is 5.92 Å². The summed E-state index contributed by atoms with van der Waals surface area (Å²) >= 11 is 1.80. The van der Waals surface area contributed by atoms with E-state index in [4.69, 9.17) is 14.5 Å². The summed E-state index contributed by atoms with van der Waals surface area (Å²) in [4.78, 5) is 6.15. The van der Waals surface area contributed by atoms with Crippen LogP contribution in [0.3, 0.4) is 0 Å². The normalized spacial score (nSPS) is 29.7. The van der Waals surface area contributed by atoms with Gasteiger partial charge in [0, 0.05) is 23.9 Å². The molecule has 5 heteroatoms. The quantitative estimate of drug-likeness (QED) is 0.871. The molecule has 2 saturated heterocycles. The topological polar surface area (TPSA) is 43.4 Å². The molecule has 0 bridgehead atoms. The molecular formula is C12H18N2O2S. The van der Waals surface area contributed by atoms with Crippen molar-refractivity contribution in [3.8, 4) is 0 Å². The summed E-state index contributed by atoms with van der Waals surface area (Å²) in [5, 5.41) is 4.63. The Morgan fingerprint density at radius 2 is 2.18 bits per heavy atom. The minimum atomic E-state index is 0.281. The molecule has 0 amide bonds. The van der Waals surface area contributed by atoms with Crippen molar-refractivity contribution in [3.63, 3.8) is 0 Å². The van der Waals surface area contributed by atoms with Crippen LogP contribution in [0.4, 0.5) is 0 Å². The highest BCUT2D eigenvalue weighted by Gasteiger charge is 2.26. The molecule has 0 radical (unpaired) electrons. The van der Waals surface area contributed by atoms with Crippen molar-refractivity contribution in [1.82, 2.24) is 10.3 Å². The predicted molar refractivity (Wildman–Crippen MR) is 66.6 cm³/mol. The van der Waals surface area contributed by atoms with Crippen molar-refractivity contribution in [2.75, 3.05) is 33.0 Å². The molecule has 3 heterocycles. The van der Waals surface area contributed by atoms with E-state index in [1.165, 1.54) is 15.6 Å². The molecule has 2 fully saturated rings. The predicted octanol–water partition coefficient (Wildman–Crippen LogP) is 1.62. The van der Waals surface area contributed by atoms with Crippen molar-refractivity contribution >= 4 is 11.3 Å². The van der Waals surface area contributed by atoms with E-state index < -0.39 is 0 Å². The van der Waals surface area contributed by atoms with E-state index in [1.807, 2.05) is 0 Å². The number of thiazole rings is 1. The Kier molecular flexibility index (Phi) is 3.42. The zero-order valence-electron chi connectivity index (χ0n) is 10.1. The lowest BCUT2D eigenvalue weighted by Gasteiger charge is -2.21. The lowest BCUT2D eigenvalue weighted by molar-refractivity contribution is 0.0767. The van der Waals surface area contributed by atoms with Crippen LogP contribution in [0, 0.1) is 6.92 Å². The molecular weight excluding hydrogens is 236 g/mol. The van der Waals surface area contributed by atoms with Crippen molar-refractivity contribution < 1.29 is 9.47 Å². The Bertz CT molecular complexity index is 382. The molecule has 2 atom stereocenters. The third-order valence-electron chi connectivity index (χ3n) is 3.39. The standard InChI is InChI=1S/C12H18N2O2S/c1-8-11(9-2-4-15-6-9)14-12(17-8)10-7-16-5-3-13-10/h9-10,13H,2-7H2,1H3. The summed E-state index contributed by atoms with van der Waals surface area (Å²) in [6.45, 7) is 6.35. The van der Waals surface area contributed by atoms with E-state index in [9.17, 15) is 0 Å². The van der Waals surface area contributed by atoms with Gasteiger partial charge in [-0.2, -0.15) is 0 Å². The second kappa shape index (κ2) is 5.02. The second-order valence-electron chi connectivity index (χ2n) is 4.64. The van der Waals surface area contributed by atoms with Gasteiger partial charge in [0.2, 0.25) is 0 Å². The second-order valence-corrected chi connectivity index (χ2v) is 5.87. The van der Waals surface area contributed by atoms with Gasteiger partial charge >= 0.3 is 0 Å². The van der Waals surface area contributed by atoms with Gasteiger partial charge < -0.3 is 14.8 Å². The maximum atomic E-state index is 5.49. The van der Waals surface area contributed by atoms with Gasteiger partial charge in [-0.3, -0.25) is 0 Å². The molecule has 4 nitrogen and oxygen atoms in total. The van der Waals surface area contributed by atoms with Crippen LogP contribution in [0.1, 0.15) is 34.0 Å². The van der Waals surface area contributed by atoms with Crippen molar-refractivity contribution in [2.24, 2.45) is 0 Å². The molecule has 1 N–H and O–H groups in total. The fourth-order valence-corrected chi connectivity index (χ4v) is 3.50. The van der Waals surface area contributed by atoms with Crippen LogP contribution in [0.15, 0.2) is 0 Å². The van der Waals surface area contributed by atoms with Gasteiger partial charge in [-0.25, -0.2) is 4.98 Å². The monoisotopic (exact) mass is 254 g/mol. The summed E-state index contributed by atoms with van der Waals surface area (Å²) in [6, 6.07) is 0.281. The summed E-state index contributed by atoms with van der Waals surface area (Å²) in [5.74, 6) is 0.504. The van der Waals surface area contributed by atoms with E-state index >= 15 is 0 Å². The molecule has 2 aliphatic rings. The van der Waals surface area contributed by atoms with Gasteiger partial charge in [-0.1, -0.05) is 0 Å². The third-order valence-corrected chi connectivity index (χ3v) is 4.49. The first-order chi connectivity index (χ1) is 8.34. The number of hydrogen-bond donors (Lipinski definition) is 1. The summed E-state index contributed by atoms with van der Waals surface area (Å²) in [5.41, 5.74) is 1.25. The molecule has 0 aliphatic carbocycles. The minimum absolute atomic E-state index is 0.281. The largest absolute Gasteiger partial charge is 0.381 e. The van der Waals surface area contributed by atoms with Gasteiger partial charge in [0.15, 0.2) is 0 Å². The number of aromatic nitrogens is 1. The fraction of sp³-hybridized carbons (Fsp3) is 0.750.